The fourth-order valence-corrected chi connectivity index (χ4v) is 3.60. The van der Waals surface area contributed by atoms with Gasteiger partial charge >= 0.3 is 5.97 Å². The summed E-state index contributed by atoms with van der Waals surface area (Å²) in [4.78, 5) is 24.1. The summed E-state index contributed by atoms with van der Waals surface area (Å²) in [6.45, 7) is 6.03. The van der Waals surface area contributed by atoms with Gasteiger partial charge in [-0.1, -0.05) is 48.0 Å². The highest BCUT2D eigenvalue weighted by Gasteiger charge is 2.15. The van der Waals surface area contributed by atoms with E-state index in [2.05, 4.69) is 17.4 Å². The van der Waals surface area contributed by atoms with Crippen LogP contribution in [-0.2, 0) is 15.3 Å². The molecule has 0 aliphatic rings. The van der Waals surface area contributed by atoms with Crippen molar-refractivity contribution in [3.63, 3.8) is 0 Å². The molecular weight excluding hydrogens is 346 g/mol. The van der Waals surface area contributed by atoms with Gasteiger partial charge in [-0.2, -0.15) is 11.8 Å². The first-order valence-corrected chi connectivity index (χ1v) is 9.76. The van der Waals surface area contributed by atoms with E-state index < -0.39 is 5.97 Å². The molecule has 0 heterocycles. The topological polar surface area (TPSA) is 55.4 Å². The minimum atomic E-state index is -0.450. The number of amides is 1. The van der Waals surface area contributed by atoms with Crippen LogP contribution in [0.3, 0.4) is 0 Å². The third-order valence-corrected chi connectivity index (χ3v) is 4.93. The lowest BCUT2D eigenvalue weighted by Crippen LogP contribution is -2.30. The number of thioether (sulfide) groups is 1. The van der Waals surface area contributed by atoms with Crippen LogP contribution in [0.1, 0.15) is 32.6 Å². The predicted octanol–water partition coefficient (Wildman–Crippen LogP) is 3.82. The van der Waals surface area contributed by atoms with E-state index in [1.165, 1.54) is 5.56 Å². The van der Waals surface area contributed by atoms with Gasteiger partial charge in [-0.25, -0.2) is 4.79 Å². The second-order valence-corrected chi connectivity index (χ2v) is 7.34. The summed E-state index contributed by atoms with van der Waals surface area (Å²) in [5, 5.41) is 2.78. The van der Waals surface area contributed by atoms with E-state index in [-0.39, 0.29) is 12.5 Å². The molecule has 2 aromatic rings. The van der Waals surface area contributed by atoms with Crippen molar-refractivity contribution in [2.75, 3.05) is 18.9 Å². The Bertz CT molecular complexity index is 736. The van der Waals surface area contributed by atoms with Gasteiger partial charge in [0.1, 0.15) is 0 Å². The first-order chi connectivity index (χ1) is 12.5. The van der Waals surface area contributed by atoms with Gasteiger partial charge in [-0.3, -0.25) is 4.79 Å². The molecule has 0 spiro atoms. The molecule has 0 atom stereocenters. The number of hydrogen-bond donors (Lipinski definition) is 1. The summed E-state index contributed by atoms with van der Waals surface area (Å²) in [5.41, 5.74) is 4.64. The van der Waals surface area contributed by atoms with Crippen LogP contribution in [0.2, 0.25) is 0 Å². The quantitative estimate of drug-likeness (QED) is 0.566. The maximum atomic E-state index is 12.2. The van der Waals surface area contributed by atoms with E-state index in [0.29, 0.717) is 12.1 Å². The Labute approximate surface area is 159 Å². The van der Waals surface area contributed by atoms with Crippen molar-refractivity contribution in [3.05, 3.63) is 70.3 Å². The SMILES string of the molecule is Cc1cc(C)c(C(=O)OCC(=O)NCCSCc2ccccc2)c(C)c1. The van der Waals surface area contributed by atoms with Crippen LogP contribution in [0, 0.1) is 20.8 Å². The predicted molar refractivity (Wildman–Crippen MR) is 107 cm³/mol. The Kier molecular flexibility index (Phi) is 7.73. The van der Waals surface area contributed by atoms with E-state index in [1.807, 2.05) is 51.1 Å². The van der Waals surface area contributed by atoms with E-state index in [1.54, 1.807) is 11.8 Å². The van der Waals surface area contributed by atoms with Crippen molar-refractivity contribution in [3.8, 4) is 0 Å². The van der Waals surface area contributed by atoms with Crippen LogP contribution in [0.15, 0.2) is 42.5 Å². The first-order valence-electron chi connectivity index (χ1n) is 8.60. The Balaban J connectivity index is 1.68. The highest BCUT2D eigenvalue weighted by Crippen LogP contribution is 2.17. The second-order valence-electron chi connectivity index (χ2n) is 6.24. The van der Waals surface area contributed by atoms with Gasteiger partial charge in [0, 0.05) is 18.1 Å². The Morgan fingerprint density at radius 1 is 1.04 bits per heavy atom. The lowest BCUT2D eigenvalue weighted by molar-refractivity contribution is -0.124. The van der Waals surface area contributed by atoms with Crippen LogP contribution in [0.5, 0.6) is 0 Å². The number of rotatable bonds is 8. The van der Waals surface area contributed by atoms with Crippen LogP contribution >= 0.6 is 11.8 Å². The van der Waals surface area contributed by atoms with E-state index >= 15 is 0 Å². The molecule has 0 radical (unpaired) electrons. The normalized spacial score (nSPS) is 10.4. The Hall–Kier alpha value is -2.27. The van der Waals surface area contributed by atoms with Crippen molar-refractivity contribution in [1.29, 1.82) is 0 Å². The molecule has 0 aromatic heterocycles. The smallest absolute Gasteiger partial charge is 0.339 e. The largest absolute Gasteiger partial charge is 0.452 e. The van der Waals surface area contributed by atoms with Gasteiger partial charge < -0.3 is 10.1 Å². The molecule has 0 unspecified atom stereocenters. The fraction of sp³-hybridized carbons (Fsp3) is 0.333. The van der Waals surface area contributed by atoms with Crippen molar-refractivity contribution < 1.29 is 14.3 Å². The molecular formula is C21H25NO3S. The average Bonchev–Trinajstić information content (AvgIpc) is 2.59. The summed E-state index contributed by atoms with van der Waals surface area (Å²) in [6.07, 6.45) is 0. The van der Waals surface area contributed by atoms with Gasteiger partial charge in [0.05, 0.1) is 5.56 Å². The lowest BCUT2D eigenvalue weighted by Gasteiger charge is -2.11. The van der Waals surface area contributed by atoms with Crippen molar-refractivity contribution in [1.82, 2.24) is 5.32 Å². The third kappa shape index (κ3) is 6.23. The molecule has 138 valence electrons. The molecule has 0 fully saturated rings. The molecule has 4 nitrogen and oxygen atoms in total. The number of ether oxygens (including phenoxy) is 1. The molecule has 1 N–H and O–H groups in total. The number of carbonyl (C=O) groups excluding carboxylic acids is 2. The molecule has 2 aromatic carbocycles. The molecule has 0 aliphatic heterocycles. The summed E-state index contributed by atoms with van der Waals surface area (Å²) < 4.78 is 5.16. The second kappa shape index (κ2) is 10.0. The number of esters is 1. The number of carbonyl (C=O) groups is 2. The van der Waals surface area contributed by atoms with Gasteiger partial charge in [-0.05, 0) is 37.5 Å². The molecule has 0 aliphatic carbocycles. The van der Waals surface area contributed by atoms with E-state index in [4.69, 9.17) is 4.74 Å². The van der Waals surface area contributed by atoms with Gasteiger partial charge in [0.15, 0.2) is 6.61 Å². The Morgan fingerprint density at radius 3 is 2.35 bits per heavy atom. The molecule has 26 heavy (non-hydrogen) atoms. The summed E-state index contributed by atoms with van der Waals surface area (Å²) in [5.74, 6) is 0.997. The molecule has 0 bridgehead atoms. The minimum absolute atomic E-state index is 0.255. The van der Waals surface area contributed by atoms with Gasteiger partial charge in [0.2, 0.25) is 0 Å². The average molecular weight is 372 g/mol. The van der Waals surface area contributed by atoms with E-state index in [9.17, 15) is 9.59 Å². The van der Waals surface area contributed by atoms with Crippen LogP contribution in [0.25, 0.3) is 0 Å². The summed E-state index contributed by atoms with van der Waals surface area (Å²) in [6, 6.07) is 14.1. The minimum Gasteiger partial charge on any atom is -0.452 e. The maximum absolute atomic E-state index is 12.2. The fourth-order valence-electron chi connectivity index (χ4n) is 2.78. The number of hydrogen-bond acceptors (Lipinski definition) is 4. The van der Waals surface area contributed by atoms with Crippen molar-refractivity contribution >= 4 is 23.6 Å². The molecule has 1 amide bonds. The van der Waals surface area contributed by atoms with Crippen LogP contribution in [-0.4, -0.2) is 30.8 Å². The highest BCUT2D eigenvalue weighted by molar-refractivity contribution is 7.98. The highest BCUT2D eigenvalue weighted by atomic mass is 32.2. The molecule has 5 heteroatoms. The first kappa shape index (κ1) is 20.0. The van der Waals surface area contributed by atoms with Gasteiger partial charge in [0.25, 0.3) is 5.91 Å². The van der Waals surface area contributed by atoms with Crippen LogP contribution in [0.4, 0.5) is 0 Å². The molecule has 0 saturated carbocycles. The molecule has 2 rings (SSSR count). The number of nitrogens with one attached hydrogen (secondary N) is 1. The summed E-state index contributed by atoms with van der Waals surface area (Å²) in [7, 11) is 0. The third-order valence-electron chi connectivity index (χ3n) is 3.90. The van der Waals surface area contributed by atoms with Crippen molar-refractivity contribution in [2.24, 2.45) is 0 Å². The lowest BCUT2D eigenvalue weighted by atomic mass is 10.00. The summed E-state index contributed by atoms with van der Waals surface area (Å²) >= 11 is 1.75. The number of benzene rings is 2. The number of aryl methyl sites for hydroxylation is 3. The monoisotopic (exact) mass is 371 g/mol. The van der Waals surface area contributed by atoms with Crippen LogP contribution < -0.4 is 5.32 Å². The van der Waals surface area contributed by atoms with E-state index in [0.717, 1.165) is 28.2 Å². The zero-order chi connectivity index (χ0) is 18.9. The molecule has 0 saturated heterocycles. The Morgan fingerprint density at radius 2 is 1.69 bits per heavy atom. The zero-order valence-electron chi connectivity index (χ0n) is 15.5. The van der Waals surface area contributed by atoms with Gasteiger partial charge in [-0.15, -0.1) is 0 Å². The zero-order valence-corrected chi connectivity index (χ0v) is 16.3. The van der Waals surface area contributed by atoms with Crippen molar-refractivity contribution in [2.45, 2.75) is 26.5 Å². The standard InChI is InChI=1S/C21H25NO3S/c1-15-11-16(2)20(17(3)12-15)21(24)25-13-19(23)22-9-10-26-14-18-7-5-4-6-8-18/h4-8,11-12H,9-10,13-14H2,1-3H3,(H,22,23). The maximum Gasteiger partial charge on any atom is 0.339 e.